The number of methoxy groups -OCH3 is 1. The summed E-state index contributed by atoms with van der Waals surface area (Å²) in [6, 6.07) is 4.87. The van der Waals surface area contributed by atoms with Crippen LogP contribution in [0.1, 0.15) is 51.0 Å². The molecule has 4 aliphatic rings. The molecule has 0 aromatic heterocycles. The second-order valence-corrected chi connectivity index (χ2v) is 9.20. The molecular weight excluding hydrogens is 378 g/mol. The van der Waals surface area contributed by atoms with Crippen molar-refractivity contribution in [2.24, 2.45) is 23.7 Å². The van der Waals surface area contributed by atoms with Gasteiger partial charge in [0.1, 0.15) is 0 Å². The summed E-state index contributed by atoms with van der Waals surface area (Å²) in [4.78, 5) is 0. The maximum atomic E-state index is 6.04. The molecule has 0 saturated heterocycles. The molecule has 4 saturated carbocycles. The Morgan fingerprint density at radius 1 is 1.08 bits per heavy atom. The summed E-state index contributed by atoms with van der Waals surface area (Å²) in [5.41, 5.74) is 1.20. The van der Waals surface area contributed by atoms with Gasteiger partial charge in [-0.3, -0.25) is 0 Å². The van der Waals surface area contributed by atoms with Gasteiger partial charge in [0.25, 0.3) is 0 Å². The molecular formula is C21H30BrNO2. The minimum absolute atomic E-state index is 0.691. The molecule has 1 aromatic rings. The zero-order chi connectivity index (χ0) is 17.4. The van der Waals surface area contributed by atoms with E-state index < -0.39 is 0 Å². The lowest BCUT2D eigenvalue weighted by Gasteiger charge is -2.54. The number of rotatable bonds is 7. The van der Waals surface area contributed by atoms with Crippen molar-refractivity contribution in [3.05, 3.63) is 22.2 Å². The second-order valence-electron chi connectivity index (χ2n) is 8.28. The van der Waals surface area contributed by atoms with Crippen molar-refractivity contribution in [2.75, 3.05) is 13.7 Å². The van der Waals surface area contributed by atoms with Gasteiger partial charge in [-0.1, -0.05) is 22.9 Å². The Balaban J connectivity index is 1.49. The summed E-state index contributed by atoms with van der Waals surface area (Å²) in [5.74, 6) is 5.56. The minimum Gasteiger partial charge on any atom is -0.493 e. The number of benzene rings is 1. The SMILES string of the molecule is CCCOc1c(CNC2C3CC4CC(C3)CC2C4)cc(Br)cc1OC. The maximum Gasteiger partial charge on any atom is 0.165 e. The molecule has 1 aromatic carbocycles. The van der Waals surface area contributed by atoms with Gasteiger partial charge in [-0.2, -0.15) is 0 Å². The van der Waals surface area contributed by atoms with Gasteiger partial charge in [-0.15, -0.1) is 0 Å². The van der Waals surface area contributed by atoms with Crippen molar-refractivity contribution in [3.63, 3.8) is 0 Å². The molecule has 25 heavy (non-hydrogen) atoms. The molecule has 0 radical (unpaired) electrons. The van der Waals surface area contributed by atoms with Crippen molar-refractivity contribution in [1.82, 2.24) is 5.32 Å². The molecule has 0 heterocycles. The highest BCUT2D eigenvalue weighted by molar-refractivity contribution is 9.10. The lowest BCUT2D eigenvalue weighted by atomic mass is 9.54. The number of hydrogen-bond acceptors (Lipinski definition) is 3. The van der Waals surface area contributed by atoms with Gasteiger partial charge in [-0.25, -0.2) is 0 Å². The van der Waals surface area contributed by atoms with Crippen LogP contribution in [0.15, 0.2) is 16.6 Å². The third-order valence-corrected chi connectivity index (χ3v) is 6.98. The van der Waals surface area contributed by atoms with Gasteiger partial charge in [-0.05, 0) is 74.3 Å². The predicted octanol–water partition coefficient (Wildman–Crippen LogP) is 5.16. The number of hydrogen-bond donors (Lipinski definition) is 1. The minimum atomic E-state index is 0.691. The number of halogens is 1. The van der Waals surface area contributed by atoms with Crippen LogP contribution in [-0.2, 0) is 6.54 Å². The van der Waals surface area contributed by atoms with Crippen LogP contribution in [0.25, 0.3) is 0 Å². The van der Waals surface area contributed by atoms with E-state index in [0.29, 0.717) is 6.04 Å². The van der Waals surface area contributed by atoms with E-state index in [4.69, 9.17) is 9.47 Å². The van der Waals surface area contributed by atoms with E-state index in [1.54, 1.807) is 7.11 Å². The van der Waals surface area contributed by atoms with Gasteiger partial charge in [0.2, 0.25) is 0 Å². The van der Waals surface area contributed by atoms with E-state index in [-0.39, 0.29) is 0 Å². The lowest BCUT2D eigenvalue weighted by molar-refractivity contribution is -0.0143. The lowest BCUT2D eigenvalue weighted by Crippen LogP contribution is -2.54. The fraction of sp³-hybridized carbons (Fsp3) is 0.714. The van der Waals surface area contributed by atoms with E-state index in [9.17, 15) is 0 Å². The standard InChI is InChI=1S/C21H30BrNO2/c1-3-4-25-21-17(10-18(22)11-19(21)24-2)12-23-20-15-6-13-5-14(8-15)9-16(20)7-13/h10-11,13-16,20,23H,3-9,12H2,1-2H3. The smallest absolute Gasteiger partial charge is 0.165 e. The summed E-state index contributed by atoms with van der Waals surface area (Å²) in [7, 11) is 1.72. The Hall–Kier alpha value is -0.740. The fourth-order valence-electron chi connectivity index (χ4n) is 5.76. The molecule has 4 fully saturated rings. The van der Waals surface area contributed by atoms with Gasteiger partial charge >= 0.3 is 0 Å². The van der Waals surface area contributed by atoms with Crippen LogP contribution in [0.5, 0.6) is 11.5 Å². The zero-order valence-electron chi connectivity index (χ0n) is 15.4. The van der Waals surface area contributed by atoms with Crippen molar-refractivity contribution in [2.45, 2.75) is 58.0 Å². The topological polar surface area (TPSA) is 30.5 Å². The van der Waals surface area contributed by atoms with E-state index in [0.717, 1.165) is 59.2 Å². The largest absolute Gasteiger partial charge is 0.493 e. The Morgan fingerprint density at radius 3 is 2.36 bits per heavy atom. The molecule has 3 nitrogen and oxygen atoms in total. The molecule has 0 spiro atoms. The van der Waals surface area contributed by atoms with Crippen molar-refractivity contribution < 1.29 is 9.47 Å². The molecule has 0 aliphatic heterocycles. The molecule has 4 heteroatoms. The van der Waals surface area contributed by atoms with Gasteiger partial charge in [0.15, 0.2) is 11.5 Å². The van der Waals surface area contributed by atoms with Gasteiger partial charge < -0.3 is 14.8 Å². The summed E-state index contributed by atoms with van der Waals surface area (Å²) >= 11 is 3.62. The van der Waals surface area contributed by atoms with E-state index in [1.807, 2.05) is 6.07 Å². The average Bonchev–Trinajstić information content (AvgIpc) is 2.59. The maximum absolute atomic E-state index is 6.04. The Labute approximate surface area is 160 Å². The highest BCUT2D eigenvalue weighted by Gasteiger charge is 2.47. The van der Waals surface area contributed by atoms with Crippen molar-refractivity contribution in [1.29, 1.82) is 0 Å². The second kappa shape index (κ2) is 7.48. The van der Waals surface area contributed by atoms with Crippen molar-refractivity contribution >= 4 is 15.9 Å². The Morgan fingerprint density at radius 2 is 1.76 bits per heavy atom. The first-order valence-electron chi connectivity index (χ1n) is 9.90. The third kappa shape index (κ3) is 3.57. The molecule has 0 amide bonds. The first-order chi connectivity index (χ1) is 12.2. The first-order valence-corrected chi connectivity index (χ1v) is 10.7. The van der Waals surface area contributed by atoms with E-state index >= 15 is 0 Å². The summed E-state index contributed by atoms with van der Waals surface area (Å²) in [5, 5.41) is 3.92. The summed E-state index contributed by atoms with van der Waals surface area (Å²) in [6.07, 6.45) is 8.31. The highest BCUT2D eigenvalue weighted by atomic mass is 79.9. The fourth-order valence-corrected chi connectivity index (χ4v) is 6.24. The third-order valence-electron chi connectivity index (χ3n) is 6.52. The average molecular weight is 408 g/mol. The van der Waals surface area contributed by atoms with E-state index in [1.165, 1.54) is 37.7 Å². The summed E-state index contributed by atoms with van der Waals surface area (Å²) in [6.45, 7) is 3.72. The van der Waals surface area contributed by atoms with Crippen LogP contribution in [0.3, 0.4) is 0 Å². The van der Waals surface area contributed by atoms with Gasteiger partial charge in [0, 0.05) is 22.6 Å². The quantitative estimate of drug-likeness (QED) is 0.676. The number of nitrogens with one attached hydrogen (secondary N) is 1. The Bertz CT molecular complexity index is 590. The zero-order valence-corrected chi connectivity index (χ0v) is 17.0. The van der Waals surface area contributed by atoms with Gasteiger partial charge in [0.05, 0.1) is 13.7 Å². The highest BCUT2D eigenvalue weighted by Crippen LogP contribution is 2.53. The van der Waals surface area contributed by atoms with E-state index in [2.05, 4.69) is 34.2 Å². The van der Waals surface area contributed by atoms with Crippen LogP contribution in [-0.4, -0.2) is 19.8 Å². The van der Waals surface area contributed by atoms with Crippen LogP contribution >= 0.6 is 15.9 Å². The van der Waals surface area contributed by atoms with Crippen molar-refractivity contribution in [3.8, 4) is 11.5 Å². The van der Waals surface area contributed by atoms with Crippen LogP contribution in [0.2, 0.25) is 0 Å². The molecule has 4 bridgehead atoms. The monoisotopic (exact) mass is 407 g/mol. The molecule has 1 N–H and O–H groups in total. The molecule has 4 aliphatic carbocycles. The van der Waals surface area contributed by atoms with Crippen LogP contribution < -0.4 is 14.8 Å². The predicted molar refractivity (Wildman–Crippen MR) is 104 cm³/mol. The Kier molecular flexibility index (Phi) is 5.28. The van der Waals surface area contributed by atoms with Crippen LogP contribution in [0.4, 0.5) is 0 Å². The molecule has 0 atom stereocenters. The molecule has 0 unspecified atom stereocenters. The normalized spacial score (nSPS) is 32.8. The molecule has 138 valence electrons. The number of ether oxygens (including phenoxy) is 2. The van der Waals surface area contributed by atoms with Crippen LogP contribution in [0, 0.1) is 23.7 Å². The molecule has 5 rings (SSSR count). The summed E-state index contributed by atoms with van der Waals surface area (Å²) < 4.78 is 12.7. The first kappa shape index (κ1) is 17.7.